The van der Waals surface area contributed by atoms with Crippen LogP contribution in [0.1, 0.15) is 30.6 Å². The van der Waals surface area contributed by atoms with E-state index in [9.17, 15) is 4.79 Å². The zero-order valence-corrected chi connectivity index (χ0v) is 12.7. The fourth-order valence-electron chi connectivity index (χ4n) is 2.84. The van der Waals surface area contributed by atoms with Gasteiger partial charge in [0.1, 0.15) is 5.75 Å². The van der Waals surface area contributed by atoms with Crippen LogP contribution in [0.15, 0.2) is 18.2 Å². The third-order valence-corrected chi connectivity index (χ3v) is 3.83. The predicted octanol–water partition coefficient (Wildman–Crippen LogP) is 2.43. The molecule has 4 heteroatoms. The summed E-state index contributed by atoms with van der Waals surface area (Å²) in [4.78, 5) is 16.7. The molecule has 0 bridgehead atoms. The number of rotatable bonds is 5. The number of carbonyl (C=O) groups excluding carboxylic acids is 1. The van der Waals surface area contributed by atoms with E-state index in [4.69, 9.17) is 4.74 Å². The van der Waals surface area contributed by atoms with Crippen LogP contribution < -0.4 is 9.64 Å². The van der Waals surface area contributed by atoms with Crippen molar-refractivity contribution in [1.82, 2.24) is 4.90 Å². The molecule has 0 aliphatic carbocycles. The van der Waals surface area contributed by atoms with Gasteiger partial charge in [-0.25, -0.2) is 0 Å². The molecule has 2 rings (SSSR count). The van der Waals surface area contributed by atoms with Crippen LogP contribution in [0.2, 0.25) is 0 Å². The van der Waals surface area contributed by atoms with Gasteiger partial charge in [-0.3, -0.25) is 9.69 Å². The maximum Gasteiger partial charge on any atom is 0.165 e. The van der Waals surface area contributed by atoms with Crippen LogP contribution in [0.25, 0.3) is 0 Å². The van der Waals surface area contributed by atoms with E-state index in [1.165, 1.54) is 6.42 Å². The largest absolute Gasteiger partial charge is 0.496 e. The van der Waals surface area contributed by atoms with Gasteiger partial charge in [-0.1, -0.05) is 13.0 Å². The summed E-state index contributed by atoms with van der Waals surface area (Å²) in [6.45, 7) is 9.02. The van der Waals surface area contributed by atoms with Gasteiger partial charge in [-0.15, -0.1) is 0 Å². The van der Waals surface area contributed by atoms with E-state index in [2.05, 4.69) is 16.7 Å². The number of methoxy groups -OCH3 is 1. The fourth-order valence-corrected chi connectivity index (χ4v) is 2.84. The highest BCUT2D eigenvalue weighted by atomic mass is 16.5. The summed E-state index contributed by atoms with van der Waals surface area (Å²) in [7, 11) is 1.62. The number of nitrogens with zero attached hydrogens (tertiary/aromatic N) is 2. The molecule has 110 valence electrons. The summed E-state index contributed by atoms with van der Waals surface area (Å²) in [5, 5.41) is 0. The molecule has 1 aromatic rings. The van der Waals surface area contributed by atoms with Crippen LogP contribution in [0.5, 0.6) is 5.75 Å². The average molecular weight is 276 g/mol. The van der Waals surface area contributed by atoms with Crippen LogP contribution >= 0.6 is 0 Å². The van der Waals surface area contributed by atoms with Crippen molar-refractivity contribution in [3.8, 4) is 5.75 Å². The van der Waals surface area contributed by atoms with Crippen molar-refractivity contribution in [1.29, 1.82) is 0 Å². The lowest BCUT2D eigenvalue weighted by atomic mass is 10.1. The van der Waals surface area contributed by atoms with E-state index in [1.54, 1.807) is 14.0 Å². The SMILES string of the molecule is CCCN1CCN(c2cccc(OC)c2C(C)=O)CC1. The smallest absolute Gasteiger partial charge is 0.165 e. The summed E-state index contributed by atoms with van der Waals surface area (Å²) in [5.41, 5.74) is 1.71. The highest BCUT2D eigenvalue weighted by molar-refractivity contribution is 6.02. The number of anilines is 1. The zero-order valence-electron chi connectivity index (χ0n) is 12.7. The molecular weight excluding hydrogens is 252 g/mol. The second-order valence-corrected chi connectivity index (χ2v) is 5.24. The van der Waals surface area contributed by atoms with Crippen LogP contribution in [0.3, 0.4) is 0 Å². The summed E-state index contributed by atoms with van der Waals surface area (Å²) in [6.07, 6.45) is 1.19. The fraction of sp³-hybridized carbons (Fsp3) is 0.562. The molecule has 1 fully saturated rings. The molecule has 1 saturated heterocycles. The Bertz CT molecular complexity index is 466. The number of Topliss-reactive ketones (excluding diaryl/α,β-unsaturated/α-hetero) is 1. The van der Waals surface area contributed by atoms with Crippen molar-refractivity contribution in [3.63, 3.8) is 0 Å². The van der Waals surface area contributed by atoms with Gasteiger partial charge in [-0.2, -0.15) is 0 Å². The second-order valence-electron chi connectivity index (χ2n) is 5.24. The first kappa shape index (κ1) is 14.9. The Morgan fingerprint density at radius 1 is 1.25 bits per heavy atom. The van der Waals surface area contributed by atoms with Gasteiger partial charge in [-0.05, 0) is 32.0 Å². The number of hydrogen-bond acceptors (Lipinski definition) is 4. The Hall–Kier alpha value is -1.55. The van der Waals surface area contributed by atoms with E-state index in [0.29, 0.717) is 11.3 Å². The molecule has 1 aliphatic rings. The zero-order chi connectivity index (χ0) is 14.5. The Balaban J connectivity index is 2.19. The quantitative estimate of drug-likeness (QED) is 0.773. The molecule has 20 heavy (non-hydrogen) atoms. The van der Waals surface area contributed by atoms with Crippen LogP contribution in [-0.2, 0) is 0 Å². The van der Waals surface area contributed by atoms with E-state index in [0.717, 1.165) is 38.4 Å². The second kappa shape index (κ2) is 6.75. The summed E-state index contributed by atoms with van der Waals surface area (Å²) in [6, 6.07) is 5.83. The molecular formula is C16H24N2O2. The Kier molecular flexibility index (Phi) is 5.01. The minimum absolute atomic E-state index is 0.0634. The molecule has 1 aliphatic heterocycles. The van der Waals surface area contributed by atoms with Crippen LogP contribution in [0.4, 0.5) is 5.69 Å². The number of hydrogen-bond donors (Lipinski definition) is 0. The first-order valence-electron chi connectivity index (χ1n) is 7.32. The number of ketones is 1. The lowest BCUT2D eigenvalue weighted by Crippen LogP contribution is -2.46. The van der Waals surface area contributed by atoms with Crippen molar-refractivity contribution >= 4 is 11.5 Å². The molecule has 0 spiro atoms. The van der Waals surface area contributed by atoms with Gasteiger partial charge >= 0.3 is 0 Å². The van der Waals surface area contributed by atoms with Crippen molar-refractivity contribution < 1.29 is 9.53 Å². The van der Waals surface area contributed by atoms with Gasteiger partial charge in [0.25, 0.3) is 0 Å². The molecule has 0 atom stereocenters. The number of ether oxygens (including phenoxy) is 1. The van der Waals surface area contributed by atoms with Crippen LogP contribution in [-0.4, -0.2) is 50.5 Å². The highest BCUT2D eigenvalue weighted by Gasteiger charge is 2.22. The monoisotopic (exact) mass is 276 g/mol. The predicted molar refractivity (Wildman–Crippen MR) is 81.9 cm³/mol. The Labute approximate surface area is 121 Å². The highest BCUT2D eigenvalue weighted by Crippen LogP contribution is 2.30. The van der Waals surface area contributed by atoms with Gasteiger partial charge in [0.15, 0.2) is 5.78 Å². The summed E-state index contributed by atoms with van der Waals surface area (Å²) < 4.78 is 5.34. The first-order valence-corrected chi connectivity index (χ1v) is 7.32. The number of piperazine rings is 1. The molecule has 4 nitrogen and oxygen atoms in total. The lowest BCUT2D eigenvalue weighted by molar-refractivity contribution is 0.101. The van der Waals surface area contributed by atoms with Crippen molar-refractivity contribution in [2.24, 2.45) is 0 Å². The maximum absolute atomic E-state index is 11.9. The van der Waals surface area contributed by atoms with Gasteiger partial charge in [0.05, 0.1) is 18.4 Å². The molecule has 1 aromatic carbocycles. The topological polar surface area (TPSA) is 32.8 Å². The molecule has 0 N–H and O–H groups in total. The Morgan fingerprint density at radius 3 is 2.50 bits per heavy atom. The molecule has 0 unspecified atom stereocenters. The van der Waals surface area contributed by atoms with Crippen molar-refractivity contribution in [2.45, 2.75) is 20.3 Å². The van der Waals surface area contributed by atoms with E-state index >= 15 is 0 Å². The van der Waals surface area contributed by atoms with E-state index in [1.807, 2.05) is 18.2 Å². The standard InChI is InChI=1S/C16H24N2O2/c1-4-8-17-9-11-18(12-10-17)14-6-5-7-15(20-3)16(14)13(2)19/h5-7H,4,8-12H2,1-3H3. The average Bonchev–Trinajstić information content (AvgIpc) is 2.47. The molecule has 0 amide bonds. The third-order valence-electron chi connectivity index (χ3n) is 3.83. The molecule has 0 radical (unpaired) electrons. The van der Waals surface area contributed by atoms with E-state index < -0.39 is 0 Å². The summed E-state index contributed by atoms with van der Waals surface area (Å²) in [5.74, 6) is 0.736. The van der Waals surface area contributed by atoms with Crippen molar-refractivity contribution in [2.75, 3.05) is 44.7 Å². The lowest BCUT2D eigenvalue weighted by Gasteiger charge is -2.36. The van der Waals surface area contributed by atoms with Crippen LogP contribution in [0, 0.1) is 0 Å². The van der Waals surface area contributed by atoms with Gasteiger partial charge in [0, 0.05) is 26.2 Å². The summed E-state index contributed by atoms with van der Waals surface area (Å²) >= 11 is 0. The van der Waals surface area contributed by atoms with Crippen molar-refractivity contribution in [3.05, 3.63) is 23.8 Å². The molecule has 0 aromatic heterocycles. The minimum atomic E-state index is 0.0634. The van der Waals surface area contributed by atoms with Gasteiger partial charge in [0.2, 0.25) is 0 Å². The normalized spacial score (nSPS) is 16.2. The molecule has 1 heterocycles. The third kappa shape index (κ3) is 3.12. The van der Waals surface area contributed by atoms with Gasteiger partial charge < -0.3 is 9.64 Å². The number of carbonyl (C=O) groups is 1. The Morgan fingerprint density at radius 2 is 1.95 bits per heavy atom. The molecule has 0 saturated carbocycles. The van der Waals surface area contributed by atoms with E-state index in [-0.39, 0.29) is 5.78 Å². The number of benzene rings is 1. The first-order chi connectivity index (χ1) is 9.67. The minimum Gasteiger partial charge on any atom is -0.496 e. The maximum atomic E-state index is 11.9.